The van der Waals surface area contributed by atoms with E-state index in [1.165, 1.54) is 0 Å². The zero-order valence-corrected chi connectivity index (χ0v) is 12.2. The molecule has 20 heavy (non-hydrogen) atoms. The fourth-order valence-corrected chi connectivity index (χ4v) is 2.54. The number of hydrogen-bond donors (Lipinski definition) is 1. The molecular formula is C15H13BrO4. The number of carboxylic acids is 1. The second-order valence-corrected chi connectivity index (χ2v) is 5.62. The van der Waals surface area contributed by atoms with Gasteiger partial charge in [-0.15, -0.1) is 0 Å². The van der Waals surface area contributed by atoms with Crippen LogP contribution in [-0.2, 0) is 14.4 Å². The van der Waals surface area contributed by atoms with Gasteiger partial charge in [0.2, 0.25) is 0 Å². The highest BCUT2D eigenvalue weighted by atomic mass is 79.9. The van der Waals surface area contributed by atoms with E-state index in [-0.39, 0.29) is 5.78 Å². The molecule has 1 unspecified atom stereocenters. The quantitative estimate of drug-likeness (QED) is 0.523. The molecule has 0 saturated heterocycles. The molecule has 0 heterocycles. The number of rotatable bonds is 3. The first-order valence-electron chi connectivity index (χ1n) is 6.26. The summed E-state index contributed by atoms with van der Waals surface area (Å²) in [5.41, 5.74) is 1.39. The third kappa shape index (κ3) is 3.22. The van der Waals surface area contributed by atoms with Crippen molar-refractivity contribution in [2.45, 2.75) is 19.3 Å². The van der Waals surface area contributed by atoms with Gasteiger partial charge in [-0.2, -0.15) is 0 Å². The monoisotopic (exact) mass is 336 g/mol. The predicted molar refractivity (Wildman–Crippen MR) is 77.1 cm³/mol. The molecule has 4 nitrogen and oxygen atoms in total. The van der Waals surface area contributed by atoms with E-state index in [0.717, 1.165) is 10.0 Å². The molecule has 1 aliphatic carbocycles. The van der Waals surface area contributed by atoms with Crippen molar-refractivity contribution in [1.29, 1.82) is 0 Å². The van der Waals surface area contributed by atoms with E-state index >= 15 is 0 Å². The molecular weight excluding hydrogens is 324 g/mol. The summed E-state index contributed by atoms with van der Waals surface area (Å²) in [5, 5.41) is 8.73. The normalized spacial score (nSPS) is 20.9. The Morgan fingerprint density at radius 2 is 1.90 bits per heavy atom. The number of benzene rings is 1. The highest BCUT2D eigenvalue weighted by molar-refractivity contribution is 9.10. The maximum Gasteiger partial charge on any atom is 0.372 e. The lowest BCUT2D eigenvalue weighted by Gasteiger charge is -2.20. The van der Waals surface area contributed by atoms with Gasteiger partial charge in [0.1, 0.15) is 0 Å². The van der Waals surface area contributed by atoms with E-state index in [4.69, 9.17) is 5.11 Å². The first-order chi connectivity index (χ1) is 9.49. The van der Waals surface area contributed by atoms with E-state index < -0.39 is 17.7 Å². The third-order valence-corrected chi connectivity index (χ3v) is 3.84. The molecule has 5 heteroatoms. The molecule has 1 aromatic rings. The van der Waals surface area contributed by atoms with Gasteiger partial charge in [-0.25, -0.2) is 4.79 Å². The van der Waals surface area contributed by atoms with Crippen molar-refractivity contribution in [3.8, 4) is 0 Å². The van der Waals surface area contributed by atoms with Gasteiger partial charge in [-0.1, -0.05) is 28.1 Å². The summed E-state index contributed by atoms with van der Waals surface area (Å²) in [5.74, 6) is -3.92. The van der Waals surface area contributed by atoms with Gasteiger partial charge in [-0.3, -0.25) is 9.59 Å². The van der Waals surface area contributed by atoms with Gasteiger partial charge in [0.15, 0.2) is 5.78 Å². The van der Waals surface area contributed by atoms with Crippen LogP contribution >= 0.6 is 15.9 Å². The standard InChI is InChI=1S/C15H13BrO4/c16-11-6-4-9(5-7-11)8-10-2-1-3-12(13(10)17)14(18)15(19)20/h4-8,12H,1-3H2,(H,19,20). The van der Waals surface area contributed by atoms with Crippen LogP contribution in [0.1, 0.15) is 24.8 Å². The van der Waals surface area contributed by atoms with Gasteiger partial charge >= 0.3 is 5.97 Å². The van der Waals surface area contributed by atoms with Crippen molar-refractivity contribution in [3.63, 3.8) is 0 Å². The largest absolute Gasteiger partial charge is 0.475 e. The van der Waals surface area contributed by atoms with Crippen molar-refractivity contribution in [3.05, 3.63) is 39.9 Å². The first kappa shape index (κ1) is 14.7. The zero-order chi connectivity index (χ0) is 14.7. The highest BCUT2D eigenvalue weighted by Gasteiger charge is 2.35. The second-order valence-electron chi connectivity index (χ2n) is 4.70. The Morgan fingerprint density at radius 3 is 2.50 bits per heavy atom. The summed E-state index contributed by atoms with van der Waals surface area (Å²) in [6, 6.07) is 7.43. The van der Waals surface area contributed by atoms with Crippen LogP contribution in [0.25, 0.3) is 6.08 Å². The van der Waals surface area contributed by atoms with Gasteiger partial charge in [0.25, 0.3) is 5.78 Å². The van der Waals surface area contributed by atoms with Crippen molar-refractivity contribution in [1.82, 2.24) is 0 Å². The lowest BCUT2D eigenvalue weighted by Crippen LogP contribution is -2.33. The van der Waals surface area contributed by atoms with Gasteiger partial charge in [0.05, 0.1) is 5.92 Å². The van der Waals surface area contributed by atoms with Crippen molar-refractivity contribution >= 4 is 39.5 Å². The van der Waals surface area contributed by atoms with Crippen LogP contribution in [0.2, 0.25) is 0 Å². The lowest BCUT2D eigenvalue weighted by atomic mass is 9.81. The average molecular weight is 337 g/mol. The Labute approximate surface area is 124 Å². The van der Waals surface area contributed by atoms with E-state index in [9.17, 15) is 14.4 Å². The zero-order valence-electron chi connectivity index (χ0n) is 10.6. The van der Waals surface area contributed by atoms with Crippen LogP contribution < -0.4 is 0 Å². The maximum absolute atomic E-state index is 12.2. The fraction of sp³-hybridized carbons (Fsp3) is 0.267. The fourth-order valence-electron chi connectivity index (χ4n) is 2.28. The maximum atomic E-state index is 12.2. The van der Waals surface area contributed by atoms with Crippen molar-refractivity contribution in [2.24, 2.45) is 5.92 Å². The molecule has 0 aliphatic heterocycles. The SMILES string of the molecule is O=C(O)C(=O)C1CCCC(=Cc2ccc(Br)cc2)C1=O. The molecule has 104 valence electrons. The average Bonchev–Trinajstić information content (AvgIpc) is 2.42. The molecule has 0 spiro atoms. The number of allylic oxidation sites excluding steroid dienone is 1. The van der Waals surface area contributed by atoms with Crippen LogP contribution in [0.3, 0.4) is 0 Å². The van der Waals surface area contributed by atoms with Crippen LogP contribution in [0, 0.1) is 5.92 Å². The summed E-state index contributed by atoms with van der Waals surface area (Å²) in [6.07, 6.45) is 3.29. The van der Waals surface area contributed by atoms with Gasteiger partial charge in [0, 0.05) is 4.47 Å². The molecule has 0 bridgehead atoms. The topological polar surface area (TPSA) is 71.4 Å². The summed E-state index contributed by atoms with van der Waals surface area (Å²) >= 11 is 3.33. The molecule has 0 aromatic heterocycles. The number of halogens is 1. The molecule has 1 fully saturated rings. The minimum absolute atomic E-state index is 0.321. The summed E-state index contributed by atoms with van der Waals surface area (Å²) in [7, 11) is 0. The smallest absolute Gasteiger partial charge is 0.372 e. The van der Waals surface area contributed by atoms with Crippen LogP contribution in [0.5, 0.6) is 0 Å². The number of carbonyl (C=O) groups is 3. The van der Waals surface area contributed by atoms with Crippen LogP contribution in [0.15, 0.2) is 34.3 Å². The summed E-state index contributed by atoms with van der Waals surface area (Å²) < 4.78 is 0.938. The lowest BCUT2D eigenvalue weighted by molar-refractivity contribution is -0.153. The number of carboxylic acid groups (broad SMARTS) is 1. The Bertz CT molecular complexity index is 586. The molecule has 1 aliphatic rings. The van der Waals surface area contributed by atoms with Crippen molar-refractivity contribution in [2.75, 3.05) is 0 Å². The molecule has 1 N–H and O–H groups in total. The number of hydrogen-bond acceptors (Lipinski definition) is 3. The molecule has 0 radical (unpaired) electrons. The van der Waals surface area contributed by atoms with E-state index in [2.05, 4.69) is 15.9 Å². The predicted octanol–water partition coefficient (Wildman–Crippen LogP) is 2.86. The Kier molecular flexibility index (Phi) is 4.49. The minimum atomic E-state index is -1.53. The van der Waals surface area contributed by atoms with E-state index in [0.29, 0.717) is 24.8 Å². The number of ketones is 2. The first-order valence-corrected chi connectivity index (χ1v) is 7.06. The Hall–Kier alpha value is -1.75. The van der Waals surface area contributed by atoms with Gasteiger partial charge in [-0.05, 0) is 48.6 Å². The summed E-state index contributed by atoms with van der Waals surface area (Å²) in [6.45, 7) is 0. The molecule has 1 atom stereocenters. The van der Waals surface area contributed by atoms with Crippen molar-refractivity contribution < 1.29 is 19.5 Å². The molecule has 2 rings (SSSR count). The Morgan fingerprint density at radius 1 is 1.25 bits per heavy atom. The number of carbonyl (C=O) groups excluding carboxylic acids is 2. The molecule has 1 aromatic carbocycles. The third-order valence-electron chi connectivity index (χ3n) is 3.31. The molecule has 0 amide bonds. The summed E-state index contributed by atoms with van der Waals surface area (Å²) in [4.78, 5) is 34.4. The van der Waals surface area contributed by atoms with E-state index in [1.54, 1.807) is 6.08 Å². The molecule has 1 saturated carbocycles. The van der Waals surface area contributed by atoms with Crippen LogP contribution in [-0.4, -0.2) is 22.6 Å². The Balaban J connectivity index is 2.24. The van der Waals surface area contributed by atoms with Gasteiger partial charge < -0.3 is 5.11 Å². The van der Waals surface area contributed by atoms with Crippen LogP contribution in [0.4, 0.5) is 0 Å². The minimum Gasteiger partial charge on any atom is -0.475 e. The highest BCUT2D eigenvalue weighted by Crippen LogP contribution is 2.28. The number of Topliss-reactive ketones (excluding diaryl/α,β-unsaturated/α-hetero) is 2. The number of aliphatic carboxylic acids is 1. The van der Waals surface area contributed by atoms with E-state index in [1.807, 2.05) is 24.3 Å². The second kappa shape index (κ2) is 6.13.